The van der Waals surface area contributed by atoms with Gasteiger partial charge in [-0.2, -0.15) is 0 Å². The lowest BCUT2D eigenvalue weighted by molar-refractivity contribution is 0.257. The van der Waals surface area contributed by atoms with Gasteiger partial charge in [-0.25, -0.2) is 0 Å². The molecule has 0 radical (unpaired) electrons. The molecule has 1 N–H and O–H groups in total. The molecule has 116 valence electrons. The van der Waals surface area contributed by atoms with Crippen molar-refractivity contribution in [3.05, 3.63) is 29.8 Å². The molecule has 1 saturated heterocycles. The quantitative estimate of drug-likeness (QED) is 0.745. The van der Waals surface area contributed by atoms with E-state index in [4.69, 9.17) is 0 Å². The Kier molecular flexibility index (Phi) is 4.84. The minimum Gasteiger partial charge on any atom is -0.381 e. The van der Waals surface area contributed by atoms with Crippen LogP contribution in [-0.4, -0.2) is 29.6 Å². The summed E-state index contributed by atoms with van der Waals surface area (Å²) in [6.07, 6.45) is 9.32. The van der Waals surface area contributed by atoms with Crippen molar-refractivity contribution in [3.8, 4) is 0 Å². The van der Waals surface area contributed by atoms with Gasteiger partial charge >= 0.3 is 0 Å². The van der Waals surface area contributed by atoms with Crippen LogP contribution < -0.4 is 5.32 Å². The number of aryl methyl sites for hydroxylation is 1. The van der Waals surface area contributed by atoms with Crippen LogP contribution in [0.2, 0.25) is 0 Å². The van der Waals surface area contributed by atoms with Crippen LogP contribution in [0.5, 0.6) is 0 Å². The topological polar surface area (TPSA) is 15.3 Å². The second-order valence-corrected chi connectivity index (χ2v) is 7.01. The molecule has 1 aromatic rings. The largest absolute Gasteiger partial charge is 0.381 e. The van der Waals surface area contributed by atoms with E-state index in [2.05, 4.69) is 48.3 Å². The van der Waals surface area contributed by atoms with Gasteiger partial charge in [0.15, 0.2) is 0 Å². The number of benzene rings is 1. The third-order valence-corrected chi connectivity index (χ3v) is 5.03. The lowest BCUT2D eigenvalue weighted by Gasteiger charge is -2.20. The third-order valence-electron chi connectivity index (χ3n) is 5.03. The molecule has 2 unspecified atom stereocenters. The zero-order valence-electron chi connectivity index (χ0n) is 13.6. The molecule has 1 aliphatic heterocycles. The summed E-state index contributed by atoms with van der Waals surface area (Å²) in [5.74, 6) is 0. The molecule has 2 nitrogen and oxygen atoms in total. The molecule has 3 rings (SSSR count). The highest BCUT2D eigenvalue weighted by atomic mass is 15.3. The van der Waals surface area contributed by atoms with Gasteiger partial charge in [-0.05, 0) is 56.7 Å². The highest BCUT2D eigenvalue weighted by molar-refractivity contribution is 5.45. The van der Waals surface area contributed by atoms with Crippen LogP contribution in [0, 0.1) is 0 Å². The van der Waals surface area contributed by atoms with E-state index >= 15 is 0 Å². The van der Waals surface area contributed by atoms with Gasteiger partial charge in [-0.1, -0.05) is 31.9 Å². The highest BCUT2D eigenvalue weighted by Crippen LogP contribution is 2.34. The fraction of sp³-hybridized carbons (Fsp3) is 0.684. The van der Waals surface area contributed by atoms with Crippen molar-refractivity contribution in [1.82, 2.24) is 4.90 Å². The number of hydrogen-bond acceptors (Lipinski definition) is 2. The molecule has 2 fully saturated rings. The Morgan fingerprint density at radius 3 is 2.57 bits per heavy atom. The van der Waals surface area contributed by atoms with Gasteiger partial charge in [0.1, 0.15) is 0 Å². The summed E-state index contributed by atoms with van der Waals surface area (Å²) in [5, 5.41) is 3.74. The first kappa shape index (κ1) is 14.9. The number of likely N-dealkylation sites (tertiary alicyclic amines) is 1. The number of hydrogen-bond donors (Lipinski definition) is 1. The first-order chi connectivity index (χ1) is 10.3. The molecule has 1 aromatic carbocycles. The van der Waals surface area contributed by atoms with Crippen molar-refractivity contribution in [1.29, 1.82) is 0 Å². The first-order valence-electron chi connectivity index (χ1n) is 8.87. The van der Waals surface area contributed by atoms with E-state index in [1.165, 1.54) is 62.7 Å². The van der Waals surface area contributed by atoms with Crippen LogP contribution in [0.1, 0.15) is 57.9 Å². The summed E-state index contributed by atoms with van der Waals surface area (Å²) >= 11 is 0. The highest BCUT2D eigenvalue weighted by Gasteiger charge is 2.38. The second-order valence-electron chi connectivity index (χ2n) is 7.01. The van der Waals surface area contributed by atoms with E-state index in [9.17, 15) is 0 Å². The summed E-state index contributed by atoms with van der Waals surface area (Å²) in [5.41, 5.74) is 2.78. The summed E-state index contributed by atoms with van der Waals surface area (Å²) in [6.45, 7) is 5.88. The summed E-state index contributed by atoms with van der Waals surface area (Å²) in [4.78, 5) is 2.71. The molecule has 2 atom stereocenters. The summed E-state index contributed by atoms with van der Waals surface area (Å²) in [7, 11) is 0. The van der Waals surface area contributed by atoms with Gasteiger partial charge in [0, 0.05) is 30.4 Å². The predicted octanol–water partition coefficient (Wildman–Crippen LogP) is 4.46. The van der Waals surface area contributed by atoms with Crippen LogP contribution in [-0.2, 0) is 6.42 Å². The molecule has 1 heterocycles. The van der Waals surface area contributed by atoms with Gasteiger partial charge in [0.2, 0.25) is 0 Å². The number of anilines is 1. The Balaban J connectivity index is 1.49. The molecule has 0 aromatic heterocycles. The van der Waals surface area contributed by atoms with Crippen molar-refractivity contribution in [2.45, 2.75) is 76.9 Å². The van der Waals surface area contributed by atoms with Gasteiger partial charge in [0.25, 0.3) is 0 Å². The molecular formula is C19H30N2. The Bertz CT molecular complexity index is 435. The first-order valence-corrected chi connectivity index (χ1v) is 8.87. The number of nitrogens with zero attached hydrogens (tertiary/aromatic N) is 1. The Morgan fingerprint density at radius 2 is 1.90 bits per heavy atom. The van der Waals surface area contributed by atoms with E-state index in [-0.39, 0.29) is 0 Å². The van der Waals surface area contributed by atoms with E-state index < -0.39 is 0 Å². The van der Waals surface area contributed by atoms with Crippen LogP contribution >= 0.6 is 0 Å². The van der Waals surface area contributed by atoms with E-state index in [0.717, 1.165) is 12.1 Å². The minimum atomic E-state index is 0.631. The van der Waals surface area contributed by atoms with Crippen molar-refractivity contribution >= 4 is 5.69 Å². The zero-order valence-corrected chi connectivity index (χ0v) is 13.6. The van der Waals surface area contributed by atoms with Crippen molar-refractivity contribution in [2.75, 3.05) is 11.9 Å². The van der Waals surface area contributed by atoms with Crippen LogP contribution in [0.25, 0.3) is 0 Å². The van der Waals surface area contributed by atoms with E-state index in [1.807, 2.05) is 0 Å². The monoisotopic (exact) mass is 286 g/mol. The van der Waals surface area contributed by atoms with E-state index in [1.54, 1.807) is 0 Å². The van der Waals surface area contributed by atoms with Crippen molar-refractivity contribution in [3.63, 3.8) is 0 Å². The average Bonchev–Trinajstić information content (AvgIpc) is 3.26. The van der Waals surface area contributed by atoms with Crippen LogP contribution in [0.3, 0.4) is 0 Å². The Hall–Kier alpha value is -1.02. The standard InChI is InChI=1S/C19H30N2/c1-3-4-5-6-16-7-9-17(10-8-16)20-18-13-15(2)21(14-18)19-11-12-19/h7-10,15,18-20H,3-6,11-14H2,1-2H3. The molecular weight excluding hydrogens is 256 g/mol. The third kappa shape index (κ3) is 4.00. The maximum absolute atomic E-state index is 3.74. The predicted molar refractivity (Wildman–Crippen MR) is 90.9 cm³/mol. The maximum Gasteiger partial charge on any atom is 0.0403 e. The van der Waals surface area contributed by atoms with Crippen LogP contribution in [0.15, 0.2) is 24.3 Å². The summed E-state index contributed by atoms with van der Waals surface area (Å²) in [6, 6.07) is 11.4. The smallest absolute Gasteiger partial charge is 0.0403 e. The SMILES string of the molecule is CCCCCc1ccc(NC2CC(C)N(C3CC3)C2)cc1. The molecule has 1 saturated carbocycles. The van der Waals surface area contributed by atoms with Gasteiger partial charge in [-0.15, -0.1) is 0 Å². The lowest BCUT2D eigenvalue weighted by Crippen LogP contribution is -2.30. The molecule has 1 aliphatic carbocycles. The number of rotatable bonds is 7. The number of nitrogens with one attached hydrogen (secondary N) is 1. The van der Waals surface area contributed by atoms with Crippen molar-refractivity contribution in [2.24, 2.45) is 0 Å². The van der Waals surface area contributed by atoms with Crippen molar-refractivity contribution < 1.29 is 0 Å². The Morgan fingerprint density at radius 1 is 1.14 bits per heavy atom. The fourth-order valence-corrected chi connectivity index (χ4v) is 3.66. The summed E-state index contributed by atoms with van der Waals surface area (Å²) < 4.78 is 0. The van der Waals surface area contributed by atoms with Gasteiger partial charge in [-0.3, -0.25) is 4.90 Å². The normalized spacial score (nSPS) is 26.2. The van der Waals surface area contributed by atoms with Gasteiger partial charge in [0.05, 0.1) is 0 Å². The molecule has 2 aliphatic rings. The fourth-order valence-electron chi connectivity index (χ4n) is 3.66. The minimum absolute atomic E-state index is 0.631. The molecule has 2 heteroatoms. The molecule has 21 heavy (non-hydrogen) atoms. The molecule has 0 spiro atoms. The van der Waals surface area contributed by atoms with E-state index in [0.29, 0.717) is 6.04 Å². The number of unbranched alkanes of at least 4 members (excludes halogenated alkanes) is 2. The zero-order chi connectivity index (χ0) is 14.7. The Labute approximate surface area is 129 Å². The molecule has 0 amide bonds. The second kappa shape index (κ2) is 6.83. The maximum atomic E-state index is 3.74. The average molecular weight is 286 g/mol. The van der Waals surface area contributed by atoms with Crippen LogP contribution in [0.4, 0.5) is 5.69 Å². The lowest BCUT2D eigenvalue weighted by atomic mass is 10.1. The van der Waals surface area contributed by atoms with Gasteiger partial charge < -0.3 is 5.32 Å². The molecule has 0 bridgehead atoms.